The number of rotatable bonds is 6. The van der Waals surface area contributed by atoms with Gasteiger partial charge in [-0.1, -0.05) is 29.8 Å². The highest BCUT2D eigenvalue weighted by atomic mass is 35.5. The van der Waals surface area contributed by atoms with Gasteiger partial charge in [-0.3, -0.25) is 14.6 Å². The maximum Gasteiger partial charge on any atom is 0.355 e. The number of aryl methyl sites for hydroxylation is 1. The molecule has 1 saturated heterocycles. The van der Waals surface area contributed by atoms with E-state index in [0.29, 0.717) is 21.8 Å². The molecule has 3 heterocycles. The summed E-state index contributed by atoms with van der Waals surface area (Å²) in [5.74, 6) is -2.49. The summed E-state index contributed by atoms with van der Waals surface area (Å²) in [6, 6.07) is 9.42. The number of Topliss-reactive ketones (excluding diaryl/α,β-unsaturated/α-hetero) is 1. The van der Waals surface area contributed by atoms with E-state index in [9.17, 15) is 19.5 Å². The normalized spacial score (nSPS) is 17.1. The minimum absolute atomic E-state index is 0.0678. The minimum atomic E-state index is -0.868. The van der Waals surface area contributed by atoms with E-state index in [0.717, 1.165) is 5.56 Å². The first-order valence-corrected chi connectivity index (χ1v) is 11.4. The average molecular weight is 494 g/mol. The Labute approximate surface area is 207 Å². The van der Waals surface area contributed by atoms with Crippen molar-refractivity contribution in [2.75, 3.05) is 6.61 Å². The number of aromatic amines is 1. The molecule has 1 aliphatic heterocycles. The zero-order valence-corrected chi connectivity index (χ0v) is 20.2. The molecule has 2 N–H and O–H groups in total. The van der Waals surface area contributed by atoms with Crippen molar-refractivity contribution in [3.8, 4) is 0 Å². The fourth-order valence-electron chi connectivity index (χ4n) is 4.37. The van der Waals surface area contributed by atoms with E-state index < -0.39 is 23.7 Å². The molecule has 180 valence electrons. The number of aromatic nitrogens is 2. The number of aliphatic hydroxyl groups is 1. The lowest BCUT2D eigenvalue weighted by molar-refractivity contribution is -0.140. The van der Waals surface area contributed by atoms with Gasteiger partial charge in [0.2, 0.25) is 0 Å². The molecule has 1 amide bonds. The van der Waals surface area contributed by atoms with Gasteiger partial charge in [-0.05, 0) is 55.7 Å². The summed E-state index contributed by atoms with van der Waals surface area (Å²) in [6.07, 6.45) is 3.23. The van der Waals surface area contributed by atoms with Crippen LogP contribution in [0.5, 0.6) is 0 Å². The SMILES string of the molecule is CCOC(=O)c1[nH]c(C)c(/C(O)=C2\C(=O)C(=O)N(Cc3cccnc3)[C@H]2c2ccc(Cl)cc2)c1C. The van der Waals surface area contributed by atoms with Crippen LogP contribution in [0.4, 0.5) is 0 Å². The first-order chi connectivity index (χ1) is 16.7. The first kappa shape index (κ1) is 24.2. The molecular formula is C26H24ClN3O5. The molecule has 1 atom stereocenters. The van der Waals surface area contributed by atoms with Crippen molar-refractivity contribution in [1.82, 2.24) is 14.9 Å². The Bertz CT molecular complexity index is 1330. The number of amides is 1. The molecule has 0 unspecified atom stereocenters. The molecule has 0 spiro atoms. The monoisotopic (exact) mass is 493 g/mol. The molecule has 2 aromatic heterocycles. The largest absolute Gasteiger partial charge is 0.507 e. The summed E-state index contributed by atoms with van der Waals surface area (Å²) in [5, 5.41) is 11.9. The lowest BCUT2D eigenvalue weighted by atomic mass is 9.94. The van der Waals surface area contributed by atoms with E-state index in [1.54, 1.807) is 69.6 Å². The number of likely N-dealkylation sites (tertiary alicyclic amines) is 1. The third kappa shape index (κ3) is 4.44. The van der Waals surface area contributed by atoms with E-state index in [1.807, 2.05) is 0 Å². The number of pyridine rings is 1. The van der Waals surface area contributed by atoms with Crippen LogP contribution < -0.4 is 0 Å². The molecule has 0 bridgehead atoms. The van der Waals surface area contributed by atoms with E-state index in [2.05, 4.69) is 9.97 Å². The Hall–Kier alpha value is -3.91. The number of halogens is 1. The number of nitrogens with one attached hydrogen (secondary N) is 1. The second kappa shape index (κ2) is 9.76. The fourth-order valence-corrected chi connectivity index (χ4v) is 4.50. The quantitative estimate of drug-likeness (QED) is 0.226. The third-order valence-electron chi connectivity index (χ3n) is 5.96. The number of carbonyl (C=O) groups is 3. The van der Waals surface area contributed by atoms with Crippen LogP contribution in [0, 0.1) is 13.8 Å². The van der Waals surface area contributed by atoms with Gasteiger partial charge in [0.1, 0.15) is 11.5 Å². The number of esters is 1. The van der Waals surface area contributed by atoms with Crippen LogP contribution in [0.3, 0.4) is 0 Å². The van der Waals surface area contributed by atoms with Gasteiger partial charge in [0.15, 0.2) is 0 Å². The lowest BCUT2D eigenvalue weighted by Gasteiger charge is -2.25. The second-order valence-corrected chi connectivity index (χ2v) is 8.62. The van der Waals surface area contributed by atoms with Crippen LogP contribution in [0.2, 0.25) is 5.02 Å². The van der Waals surface area contributed by atoms with Gasteiger partial charge in [-0.2, -0.15) is 0 Å². The predicted octanol–water partition coefficient (Wildman–Crippen LogP) is 4.48. The van der Waals surface area contributed by atoms with Crippen molar-refractivity contribution in [1.29, 1.82) is 0 Å². The minimum Gasteiger partial charge on any atom is -0.507 e. The zero-order chi connectivity index (χ0) is 25.3. The van der Waals surface area contributed by atoms with E-state index in [4.69, 9.17) is 16.3 Å². The zero-order valence-electron chi connectivity index (χ0n) is 19.5. The fraction of sp³-hybridized carbons (Fsp3) is 0.231. The highest BCUT2D eigenvalue weighted by Crippen LogP contribution is 2.41. The van der Waals surface area contributed by atoms with Gasteiger partial charge < -0.3 is 19.7 Å². The molecule has 4 rings (SSSR count). The summed E-state index contributed by atoms with van der Waals surface area (Å²) < 4.78 is 5.09. The number of hydrogen-bond acceptors (Lipinski definition) is 6. The molecule has 1 fully saturated rings. The van der Waals surface area contributed by atoms with Gasteiger partial charge in [-0.15, -0.1) is 0 Å². The molecule has 1 aromatic carbocycles. The number of carbonyl (C=O) groups excluding carboxylic acids is 3. The van der Waals surface area contributed by atoms with E-state index >= 15 is 0 Å². The Balaban J connectivity index is 1.89. The third-order valence-corrected chi connectivity index (χ3v) is 6.21. The number of aliphatic hydroxyl groups excluding tert-OH is 1. The molecule has 35 heavy (non-hydrogen) atoms. The van der Waals surface area contributed by atoms with E-state index in [-0.39, 0.29) is 35.7 Å². The van der Waals surface area contributed by atoms with Gasteiger partial charge in [0, 0.05) is 35.2 Å². The topological polar surface area (TPSA) is 113 Å². The van der Waals surface area contributed by atoms with Crippen LogP contribution in [0.1, 0.15) is 51.4 Å². The Morgan fingerprint density at radius 1 is 1.20 bits per heavy atom. The van der Waals surface area contributed by atoms with Crippen LogP contribution in [-0.4, -0.2) is 44.2 Å². The summed E-state index contributed by atoms with van der Waals surface area (Å²) in [4.78, 5) is 47.3. The van der Waals surface area contributed by atoms with Crippen molar-refractivity contribution < 1.29 is 24.2 Å². The summed E-state index contributed by atoms with van der Waals surface area (Å²) in [6.45, 7) is 5.32. The number of hydrogen-bond donors (Lipinski definition) is 2. The molecule has 9 heteroatoms. The number of nitrogens with zero attached hydrogens (tertiary/aromatic N) is 2. The molecule has 0 aliphatic carbocycles. The maximum absolute atomic E-state index is 13.3. The molecule has 0 radical (unpaired) electrons. The Morgan fingerprint density at radius 2 is 1.91 bits per heavy atom. The highest BCUT2D eigenvalue weighted by Gasteiger charge is 2.46. The van der Waals surface area contributed by atoms with E-state index in [1.165, 1.54) is 4.90 Å². The van der Waals surface area contributed by atoms with Gasteiger partial charge in [0.25, 0.3) is 11.7 Å². The highest BCUT2D eigenvalue weighted by molar-refractivity contribution is 6.46. The number of H-pyrrole nitrogens is 1. The standard InChI is InChI=1S/C26H24ClN3O5/c1-4-35-26(34)21-14(2)19(15(3)29-21)23(31)20-22(17-7-9-18(27)10-8-17)30(25(33)24(20)32)13-16-6-5-11-28-12-16/h5-12,22,29,31H,4,13H2,1-3H3/b23-20+/t22-/m0/s1. The van der Waals surface area contributed by atoms with Crippen molar-refractivity contribution in [3.05, 3.63) is 93.0 Å². The summed E-state index contributed by atoms with van der Waals surface area (Å²) >= 11 is 6.07. The average Bonchev–Trinajstić information content (AvgIpc) is 3.27. The van der Waals surface area contributed by atoms with Crippen molar-refractivity contribution in [2.24, 2.45) is 0 Å². The van der Waals surface area contributed by atoms with Crippen molar-refractivity contribution >= 4 is 35.0 Å². The molecule has 0 saturated carbocycles. The number of ketones is 1. The lowest BCUT2D eigenvalue weighted by Crippen LogP contribution is -2.29. The van der Waals surface area contributed by atoms with Crippen molar-refractivity contribution in [2.45, 2.75) is 33.4 Å². The van der Waals surface area contributed by atoms with Gasteiger partial charge in [-0.25, -0.2) is 4.79 Å². The van der Waals surface area contributed by atoms with Gasteiger partial charge in [0.05, 0.1) is 18.2 Å². The van der Waals surface area contributed by atoms with Crippen LogP contribution in [0.15, 0.2) is 54.4 Å². The molecule has 3 aromatic rings. The summed E-state index contributed by atoms with van der Waals surface area (Å²) in [5.41, 5.74) is 2.62. The Kier molecular flexibility index (Phi) is 6.75. The first-order valence-electron chi connectivity index (χ1n) is 11.0. The van der Waals surface area contributed by atoms with Crippen LogP contribution in [0.25, 0.3) is 5.76 Å². The second-order valence-electron chi connectivity index (χ2n) is 8.19. The summed E-state index contributed by atoms with van der Waals surface area (Å²) in [7, 11) is 0. The Morgan fingerprint density at radius 3 is 2.54 bits per heavy atom. The van der Waals surface area contributed by atoms with Crippen LogP contribution >= 0.6 is 11.6 Å². The smallest absolute Gasteiger partial charge is 0.355 e. The van der Waals surface area contributed by atoms with Gasteiger partial charge >= 0.3 is 5.97 Å². The van der Waals surface area contributed by atoms with Crippen molar-refractivity contribution in [3.63, 3.8) is 0 Å². The number of benzene rings is 1. The molecule has 8 nitrogen and oxygen atoms in total. The van der Waals surface area contributed by atoms with Crippen LogP contribution in [-0.2, 0) is 20.9 Å². The molecule has 1 aliphatic rings. The molecular weight excluding hydrogens is 470 g/mol. The predicted molar refractivity (Wildman–Crippen MR) is 130 cm³/mol. The maximum atomic E-state index is 13.3. The number of ether oxygens (including phenoxy) is 1.